The van der Waals surface area contributed by atoms with E-state index >= 15 is 0 Å². The van der Waals surface area contributed by atoms with Crippen molar-refractivity contribution in [1.29, 1.82) is 0 Å². The summed E-state index contributed by atoms with van der Waals surface area (Å²) in [5, 5.41) is 35.8. The number of azo groups is 1. The Hall–Kier alpha value is -8.57. The number of amides is 8. The second kappa shape index (κ2) is 34.8. The number of aliphatic imine (C=N–C) groups is 3. The first-order chi connectivity index (χ1) is 36.5. The minimum atomic E-state index is -1.79. The molecule has 77 heavy (non-hydrogen) atoms. The van der Waals surface area contributed by atoms with Crippen LogP contribution in [0.4, 0.5) is 11.4 Å². The molecule has 22 N–H and O–H groups in total. The van der Waals surface area contributed by atoms with E-state index in [4.69, 9.17) is 40.1 Å². The topological polar surface area (TPSA) is 502 Å². The molecule has 0 saturated heterocycles. The molecule has 0 heterocycles. The van der Waals surface area contributed by atoms with E-state index in [9.17, 15) is 48.3 Å². The number of benzene rings is 2. The monoisotopic (exact) mass is 1100 g/mol. The third kappa shape index (κ3) is 27.0. The molecule has 7 unspecified atom stereocenters. The van der Waals surface area contributed by atoms with Gasteiger partial charge in [0, 0.05) is 33.0 Å². The number of nitrogens with two attached hydrogens (primary N) is 7. The molecule has 0 saturated carbocycles. The fourth-order valence-electron chi connectivity index (χ4n) is 6.99. The van der Waals surface area contributed by atoms with Crippen LogP contribution in [-0.4, -0.2) is 150 Å². The number of primary amides is 1. The highest BCUT2D eigenvalue weighted by atomic mass is 32.2. The molecule has 0 aliphatic rings. The van der Waals surface area contributed by atoms with E-state index in [-0.39, 0.29) is 88.9 Å². The van der Waals surface area contributed by atoms with Crippen molar-refractivity contribution < 1.29 is 48.3 Å². The number of hydrogen-bond donors (Lipinski definition) is 15. The number of hydrogen-bond acceptors (Lipinski definition) is 15. The van der Waals surface area contributed by atoms with Crippen molar-refractivity contribution in [3.8, 4) is 0 Å². The van der Waals surface area contributed by atoms with Crippen LogP contribution in [-0.2, 0) is 49.6 Å². The van der Waals surface area contributed by atoms with Gasteiger partial charge >= 0.3 is 5.97 Å². The van der Waals surface area contributed by atoms with Gasteiger partial charge in [-0.05, 0) is 93.7 Å². The Bertz CT molecular complexity index is 2420. The number of nitrogens with zero attached hydrogens (tertiary/aromatic N) is 5. The average molecular weight is 1100 g/mol. The molecule has 8 amide bonds. The summed E-state index contributed by atoms with van der Waals surface area (Å²) in [5.41, 5.74) is 39.8. The van der Waals surface area contributed by atoms with E-state index in [2.05, 4.69) is 62.4 Å². The van der Waals surface area contributed by atoms with Gasteiger partial charge in [0.25, 0.3) is 0 Å². The average Bonchev–Trinajstić information content (AvgIpc) is 3.36. The fourth-order valence-corrected chi connectivity index (χ4v) is 7.46. The Labute approximate surface area is 449 Å². The first kappa shape index (κ1) is 64.5. The number of rotatable bonds is 35. The Morgan fingerprint density at radius 2 is 0.909 bits per heavy atom. The maximum atomic E-state index is 14.3. The van der Waals surface area contributed by atoms with Gasteiger partial charge in [-0.2, -0.15) is 22.0 Å². The normalized spacial score (nSPS) is 13.5. The largest absolute Gasteiger partial charge is 0.481 e. The SMILES string of the molecule is CSCCC(NC(=O)C(CCCN=C(N)N)NC(C)=O)C(=O)NC(CC(=O)O)C(=O)NC(C)C(=O)NC(CCCN=C(N)N)C(=O)NC(Cc1ccc(N=Nc2ccccc2)cc1)C(=O)NC(CCCN=C(N)N)C(N)=O. The van der Waals surface area contributed by atoms with E-state index in [0.717, 1.165) is 0 Å². The molecule has 0 fully saturated rings. The number of carboxylic acids is 1. The first-order valence-corrected chi connectivity index (χ1v) is 25.7. The molecule has 30 heteroatoms. The van der Waals surface area contributed by atoms with Gasteiger partial charge in [-0.3, -0.25) is 58.1 Å². The molecule has 0 aliphatic carbocycles. The number of nitrogens with one attached hydrogen (secondary N) is 7. The summed E-state index contributed by atoms with van der Waals surface area (Å²) in [6.07, 6.45) is 1.27. The number of guanidine groups is 3. The molecular weight excluding hydrogens is 1020 g/mol. The van der Waals surface area contributed by atoms with Crippen LogP contribution in [0.3, 0.4) is 0 Å². The summed E-state index contributed by atoms with van der Waals surface area (Å²) in [5.74, 6) is -8.66. The summed E-state index contributed by atoms with van der Waals surface area (Å²) in [7, 11) is 0. The summed E-state index contributed by atoms with van der Waals surface area (Å²) >= 11 is 1.33. The molecule has 7 atom stereocenters. The molecule has 0 aromatic heterocycles. The van der Waals surface area contributed by atoms with Crippen molar-refractivity contribution in [1.82, 2.24) is 37.2 Å². The summed E-state index contributed by atoms with van der Waals surface area (Å²) in [6.45, 7) is 2.70. The molecular formula is C47H73N19O10S. The van der Waals surface area contributed by atoms with E-state index in [1.54, 1.807) is 54.8 Å². The van der Waals surface area contributed by atoms with Gasteiger partial charge in [-0.15, -0.1) is 0 Å². The van der Waals surface area contributed by atoms with Crippen LogP contribution in [0.1, 0.15) is 70.8 Å². The third-order valence-electron chi connectivity index (χ3n) is 10.9. The van der Waals surface area contributed by atoms with E-state index < -0.39 is 102 Å². The number of carbonyl (C=O) groups is 9. The van der Waals surface area contributed by atoms with Gasteiger partial charge in [0.2, 0.25) is 47.3 Å². The fraction of sp³-hybridized carbons (Fsp3) is 0.489. The molecule has 2 aromatic rings. The Kier molecular flexibility index (Phi) is 29.2. The highest BCUT2D eigenvalue weighted by molar-refractivity contribution is 7.98. The van der Waals surface area contributed by atoms with Crippen LogP contribution < -0.4 is 77.4 Å². The number of thioether (sulfide) groups is 1. The van der Waals surface area contributed by atoms with E-state index in [1.807, 2.05) is 6.07 Å². The lowest BCUT2D eigenvalue weighted by Gasteiger charge is -2.27. The molecule has 422 valence electrons. The zero-order chi connectivity index (χ0) is 57.5. The lowest BCUT2D eigenvalue weighted by Crippen LogP contribution is -2.60. The summed E-state index contributed by atoms with van der Waals surface area (Å²) in [4.78, 5) is 131. The van der Waals surface area contributed by atoms with Crippen molar-refractivity contribution in [2.24, 2.45) is 65.3 Å². The minimum absolute atomic E-state index is 0.00850. The second-order valence-electron chi connectivity index (χ2n) is 17.3. The maximum Gasteiger partial charge on any atom is 0.305 e. The molecule has 2 aromatic carbocycles. The van der Waals surface area contributed by atoms with E-state index in [1.165, 1.54) is 25.6 Å². The molecule has 0 spiro atoms. The molecule has 0 bridgehead atoms. The van der Waals surface area contributed by atoms with Crippen LogP contribution in [0.2, 0.25) is 0 Å². The van der Waals surface area contributed by atoms with Gasteiger partial charge in [0.05, 0.1) is 17.8 Å². The predicted octanol–water partition coefficient (Wildman–Crippen LogP) is -3.05. The number of carboxylic acid groups (broad SMARTS) is 1. The van der Waals surface area contributed by atoms with Crippen molar-refractivity contribution in [2.45, 2.75) is 114 Å². The van der Waals surface area contributed by atoms with Crippen LogP contribution in [0.5, 0.6) is 0 Å². The Morgan fingerprint density at radius 3 is 1.38 bits per heavy atom. The predicted molar refractivity (Wildman–Crippen MR) is 290 cm³/mol. The highest BCUT2D eigenvalue weighted by Crippen LogP contribution is 2.19. The Morgan fingerprint density at radius 1 is 0.506 bits per heavy atom. The molecule has 0 aliphatic heterocycles. The molecule has 2 rings (SSSR count). The molecule has 0 radical (unpaired) electrons. The Balaban J connectivity index is 2.40. The van der Waals surface area contributed by atoms with Crippen LogP contribution in [0.25, 0.3) is 0 Å². The number of carbonyl (C=O) groups excluding carboxylic acids is 8. The first-order valence-electron chi connectivity index (χ1n) is 24.3. The van der Waals surface area contributed by atoms with Gasteiger partial charge in [0.1, 0.15) is 42.3 Å². The van der Waals surface area contributed by atoms with Crippen molar-refractivity contribution in [2.75, 3.05) is 31.6 Å². The third-order valence-corrected chi connectivity index (χ3v) is 11.5. The van der Waals surface area contributed by atoms with Crippen molar-refractivity contribution in [3.05, 3.63) is 60.2 Å². The minimum Gasteiger partial charge on any atom is -0.481 e. The van der Waals surface area contributed by atoms with Gasteiger partial charge in [-0.1, -0.05) is 30.3 Å². The van der Waals surface area contributed by atoms with Crippen LogP contribution in [0, 0.1) is 0 Å². The maximum absolute atomic E-state index is 14.3. The quantitative estimate of drug-likeness (QED) is 0.0141. The van der Waals surface area contributed by atoms with Crippen molar-refractivity contribution in [3.63, 3.8) is 0 Å². The lowest BCUT2D eigenvalue weighted by molar-refractivity contribution is -0.141. The zero-order valence-corrected chi connectivity index (χ0v) is 44.1. The second-order valence-corrected chi connectivity index (χ2v) is 18.3. The summed E-state index contributed by atoms with van der Waals surface area (Å²) in [6, 6.07) is 5.81. The van der Waals surface area contributed by atoms with Crippen molar-refractivity contribution >= 4 is 94.2 Å². The van der Waals surface area contributed by atoms with Gasteiger partial charge < -0.3 is 82.5 Å². The molecule has 29 nitrogen and oxygen atoms in total. The summed E-state index contributed by atoms with van der Waals surface area (Å²) < 4.78 is 0. The standard InChI is InChI=1S/C47H73N19O10S/c1-26(58-43(75)36(25-37(68)69)64-42(74)34(19-23-77-3)62-40(72)32(59-27(2)67)13-8-21-56-46(51)52)39(71)61-33(14-9-22-57-47(53)54)41(73)63-35(44(76)60-31(38(48)70)12-7-20-55-45(49)50)24-28-15-17-30(18-16-28)66-65-29-10-5-4-6-11-29/h4-6,10-11,15-18,26,31-36H,7-9,12-14,19-25H2,1-3H3,(H2,48,70)(H,58,75)(H,59,67)(H,60,76)(H,61,71)(H,62,72)(H,63,73)(H,64,74)(H,68,69)(H4,49,50,55)(H4,51,52,56)(H4,53,54,57). The van der Waals surface area contributed by atoms with E-state index in [0.29, 0.717) is 22.7 Å². The van der Waals surface area contributed by atoms with Gasteiger partial charge in [0.15, 0.2) is 17.9 Å². The van der Waals surface area contributed by atoms with Gasteiger partial charge in [-0.25, -0.2) is 0 Å². The number of aliphatic carboxylic acids is 1. The highest BCUT2D eigenvalue weighted by Gasteiger charge is 2.34. The zero-order valence-electron chi connectivity index (χ0n) is 43.2. The van der Waals surface area contributed by atoms with Crippen LogP contribution in [0.15, 0.2) is 79.8 Å². The lowest BCUT2D eigenvalue weighted by atomic mass is 10.0. The van der Waals surface area contributed by atoms with Crippen LogP contribution >= 0.6 is 11.8 Å². The smallest absolute Gasteiger partial charge is 0.305 e.